The van der Waals surface area contributed by atoms with Gasteiger partial charge in [0, 0.05) is 36.7 Å². The number of ketones is 1. The van der Waals surface area contributed by atoms with Crippen molar-refractivity contribution in [3.05, 3.63) is 35.5 Å². The van der Waals surface area contributed by atoms with Gasteiger partial charge in [-0.2, -0.15) is 0 Å². The van der Waals surface area contributed by atoms with Crippen LogP contribution in [0.4, 0.5) is 0 Å². The normalized spacial score (nSPS) is 17.3. The Morgan fingerprint density at radius 3 is 2.69 bits per heavy atom. The van der Waals surface area contributed by atoms with Gasteiger partial charge in [-0.05, 0) is 32.8 Å². The van der Waals surface area contributed by atoms with Crippen molar-refractivity contribution in [2.45, 2.75) is 26.7 Å². The van der Waals surface area contributed by atoms with Crippen LogP contribution in [0.2, 0.25) is 0 Å². The first-order valence-electron chi connectivity index (χ1n) is 9.00. The van der Waals surface area contributed by atoms with Crippen LogP contribution >= 0.6 is 0 Å². The van der Waals surface area contributed by atoms with Crippen LogP contribution in [0.25, 0.3) is 10.9 Å². The predicted molar refractivity (Wildman–Crippen MR) is 97.9 cm³/mol. The third-order valence-corrected chi connectivity index (χ3v) is 5.15. The first-order chi connectivity index (χ1) is 12.5. The number of esters is 1. The topological polar surface area (TPSA) is 68.6 Å². The second-order valence-corrected chi connectivity index (χ2v) is 6.71. The summed E-state index contributed by atoms with van der Waals surface area (Å²) in [5.41, 5.74) is 2.14. The zero-order chi connectivity index (χ0) is 18.8. The molecule has 1 saturated heterocycles. The number of aryl methyl sites for hydroxylation is 1. The molecule has 0 saturated carbocycles. The monoisotopic (exact) mass is 356 g/mol. The van der Waals surface area contributed by atoms with Crippen LogP contribution in [0.3, 0.4) is 0 Å². The lowest BCUT2D eigenvalue weighted by Crippen LogP contribution is -2.45. The van der Waals surface area contributed by atoms with Crippen LogP contribution in [-0.2, 0) is 21.4 Å². The van der Waals surface area contributed by atoms with Crippen LogP contribution in [0, 0.1) is 12.8 Å². The van der Waals surface area contributed by atoms with Crippen molar-refractivity contribution in [3.63, 3.8) is 0 Å². The first-order valence-corrected chi connectivity index (χ1v) is 9.00. The summed E-state index contributed by atoms with van der Waals surface area (Å²) in [5.74, 6) is -1.70. The molecule has 1 fully saturated rings. The van der Waals surface area contributed by atoms with Gasteiger partial charge in [0.25, 0.3) is 11.7 Å². The van der Waals surface area contributed by atoms with Crippen molar-refractivity contribution in [2.75, 3.05) is 19.7 Å². The van der Waals surface area contributed by atoms with E-state index in [-0.39, 0.29) is 18.4 Å². The standard InChI is InChI=1S/C20H24N2O4/c1-4-26-20(25)14-8-7-11-22(12-14)19(24)18(23)17-13(2)21(3)16-10-6-5-9-15(16)17/h5-6,9-10,14H,4,7-8,11-12H2,1-3H3. The van der Waals surface area contributed by atoms with Crippen molar-refractivity contribution in [2.24, 2.45) is 13.0 Å². The Labute approximate surface area is 152 Å². The van der Waals surface area contributed by atoms with Crippen LogP contribution in [0.1, 0.15) is 35.8 Å². The fourth-order valence-corrected chi connectivity index (χ4v) is 3.67. The molecule has 2 aromatic rings. The van der Waals surface area contributed by atoms with Crippen molar-refractivity contribution in [1.29, 1.82) is 0 Å². The van der Waals surface area contributed by atoms with Crippen molar-refractivity contribution >= 4 is 28.6 Å². The summed E-state index contributed by atoms with van der Waals surface area (Å²) in [5, 5.41) is 0.782. The zero-order valence-corrected chi connectivity index (χ0v) is 15.4. The minimum atomic E-state index is -0.543. The summed E-state index contributed by atoms with van der Waals surface area (Å²) < 4.78 is 6.99. The molecular formula is C20H24N2O4. The Morgan fingerprint density at radius 1 is 1.23 bits per heavy atom. The molecule has 0 radical (unpaired) electrons. The first kappa shape index (κ1) is 18.2. The van der Waals surface area contributed by atoms with Gasteiger partial charge in [0.2, 0.25) is 0 Å². The minimum Gasteiger partial charge on any atom is -0.466 e. The van der Waals surface area contributed by atoms with E-state index < -0.39 is 11.7 Å². The molecule has 0 N–H and O–H groups in total. The van der Waals surface area contributed by atoms with Crippen molar-refractivity contribution < 1.29 is 19.1 Å². The number of fused-ring (bicyclic) bond motifs is 1. The lowest BCUT2D eigenvalue weighted by atomic mass is 9.97. The van der Waals surface area contributed by atoms with E-state index in [9.17, 15) is 14.4 Å². The molecule has 3 rings (SSSR count). The molecule has 1 amide bonds. The summed E-state index contributed by atoms with van der Waals surface area (Å²) in [7, 11) is 1.89. The van der Waals surface area contributed by atoms with Gasteiger partial charge in [-0.1, -0.05) is 18.2 Å². The fourth-order valence-electron chi connectivity index (χ4n) is 3.67. The highest BCUT2D eigenvalue weighted by molar-refractivity contribution is 6.45. The molecule has 1 aliphatic heterocycles. The molecule has 6 heteroatoms. The fraction of sp³-hybridized carbons (Fsp3) is 0.450. The summed E-state index contributed by atoms with van der Waals surface area (Å²) in [4.78, 5) is 39.3. The molecule has 1 unspecified atom stereocenters. The second kappa shape index (κ2) is 7.32. The summed E-state index contributed by atoms with van der Waals surface area (Å²) in [6, 6.07) is 7.56. The number of piperidine rings is 1. The van der Waals surface area contributed by atoms with Gasteiger partial charge in [-0.25, -0.2) is 0 Å². The maximum absolute atomic E-state index is 13.0. The Hall–Kier alpha value is -2.63. The smallest absolute Gasteiger partial charge is 0.310 e. The van der Waals surface area contributed by atoms with E-state index in [1.807, 2.05) is 42.8 Å². The number of carbonyl (C=O) groups is 3. The number of benzene rings is 1. The van der Waals surface area contributed by atoms with E-state index in [4.69, 9.17) is 4.74 Å². The zero-order valence-electron chi connectivity index (χ0n) is 15.4. The van der Waals surface area contributed by atoms with Crippen LogP contribution in [0.5, 0.6) is 0 Å². The number of ether oxygens (including phenoxy) is 1. The molecule has 6 nitrogen and oxygen atoms in total. The lowest BCUT2D eigenvalue weighted by molar-refractivity contribution is -0.150. The number of para-hydroxylation sites is 1. The van der Waals surface area contributed by atoms with Crippen molar-refractivity contribution in [3.8, 4) is 0 Å². The maximum atomic E-state index is 13.0. The Morgan fingerprint density at radius 2 is 1.96 bits per heavy atom. The highest BCUT2D eigenvalue weighted by Crippen LogP contribution is 2.26. The molecule has 0 spiro atoms. The molecule has 1 aromatic heterocycles. The van der Waals surface area contributed by atoms with Crippen molar-refractivity contribution in [1.82, 2.24) is 9.47 Å². The number of amides is 1. The molecule has 0 aliphatic carbocycles. The highest BCUT2D eigenvalue weighted by atomic mass is 16.5. The molecular weight excluding hydrogens is 332 g/mol. The average Bonchev–Trinajstić information content (AvgIpc) is 2.92. The number of carbonyl (C=O) groups excluding carboxylic acids is 3. The lowest BCUT2D eigenvalue weighted by Gasteiger charge is -2.31. The SMILES string of the molecule is CCOC(=O)C1CCCN(C(=O)C(=O)c2c(C)n(C)c3ccccc23)C1. The summed E-state index contributed by atoms with van der Waals surface area (Å²) in [6.45, 7) is 4.66. The number of nitrogens with zero attached hydrogens (tertiary/aromatic N) is 2. The molecule has 1 aromatic carbocycles. The summed E-state index contributed by atoms with van der Waals surface area (Å²) >= 11 is 0. The van der Waals surface area contributed by atoms with Gasteiger partial charge >= 0.3 is 5.97 Å². The maximum Gasteiger partial charge on any atom is 0.310 e. The Balaban J connectivity index is 1.86. The number of aromatic nitrogens is 1. The molecule has 2 heterocycles. The molecule has 138 valence electrons. The molecule has 1 atom stereocenters. The Kier molecular flexibility index (Phi) is 5.11. The summed E-state index contributed by atoms with van der Waals surface area (Å²) in [6.07, 6.45) is 1.38. The molecule has 1 aliphatic rings. The van der Waals surface area contributed by atoms with Crippen LogP contribution in [-0.4, -0.2) is 46.8 Å². The number of hydrogen-bond acceptors (Lipinski definition) is 4. The molecule has 0 bridgehead atoms. The van der Waals surface area contributed by atoms with E-state index in [0.29, 0.717) is 31.6 Å². The van der Waals surface area contributed by atoms with Gasteiger partial charge in [0.05, 0.1) is 18.1 Å². The quantitative estimate of drug-likeness (QED) is 0.479. The Bertz CT molecular complexity index is 868. The van der Waals surface area contributed by atoms with Gasteiger partial charge in [-0.3, -0.25) is 14.4 Å². The predicted octanol–water partition coefficient (Wildman–Crippen LogP) is 2.47. The largest absolute Gasteiger partial charge is 0.466 e. The third kappa shape index (κ3) is 3.11. The van der Waals surface area contributed by atoms with Gasteiger partial charge in [0.1, 0.15) is 0 Å². The van der Waals surface area contributed by atoms with Gasteiger partial charge < -0.3 is 14.2 Å². The van der Waals surface area contributed by atoms with Crippen LogP contribution in [0.15, 0.2) is 24.3 Å². The van der Waals surface area contributed by atoms with E-state index in [0.717, 1.165) is 16.6 Å². The highest BCUT2D eigenvalue weighted by Gasteiger charge is 2.34. The van der Waals surface area contributed by atoms with E-state index in [1.54, 1.807) is 6.92 Å². The number of likely N-dealkylation sites (tertiary alicyclic amines) is 1. The van der Waals surface area contributed by atoms with E-state index >= 15 is 0 Å². The van der Waals surface area contributed by atoms with Gasteiger partial charge in [-0.15, -0.1) is 0 Å². The average molecular weight is 356 g/mol. The number of Topliss-reactive ketones (excluding diaryl/α,β-unsaturated/α-hetero) is 1. The van der Waals surface area contributed by atoms with E-state index in [2.05, 4.69) is 0 Å². The number of rotatable bonds is 4. The van der Waals surface area contributed by atoms with E-state index in [1.165, 1.54) is 4.90 Å². The van der Waals surface area contributed by atoms with Gasteiger partial charge in [0.15, 0.2) is 0 Å². The second-order valence-electron chi connectivity index (χ2n) is 6.71. The van der Waals surface area contributed by atoms with Crippen LogP contribution < -0.4 is 0 Å². The third-order valence-electron chi connectivity index (χ3n) is 5.15. The number of hydrogen-bond donors (Lipinski definition) is 0. The molecule has 26 heavy (non-hydrogen) atoms. The minimum absolute atomic E-state index is 0.243.